The Labute approximate surface area is 140 Å². The molecule has 1 N–H and O–H groups in total. The standard InChI is InChI=1S/C15H15ClF4N4/c16-10-5-9(17)6-11-12(10)13(22-21-11)24-4-3-23(8-15(18,19)20)7-14(24)1-2-14/h5-6H,1-4,7-8H2,(H,21,22). The lowest BCUT2D eigenvalue weighted by atomic mass is 10.1. The van der Waals surface area contributed by atoms with Gasteiger partial charge in [-0.1, -0.05) is 11.6 Å². The van der Waals surface area contributed by atoms with Crippen LogP contribution < -0.4 is 4.90 Å². The van der Waals surface area contributed by atoms with E-state index in [1.807, 2.05) is 4.90 Å². The highest BCUT2D eigenvalue weighted by Gasteiger charge is 2.53. The number of nitrogens with one attached hydrogen (secondary N) is 1. The maximum absolute atomic E-state index is 13.5. The summed E-state index contributed by atoms with van der Waals surface area (Å²) in [6, 6.07) is 2.54. The molecule has 4 rings (SSSR count). The highest BCUT2D eigenvalue weighted by molar-refractivity contribution is 6.36. The summed E-state index contributed by atoms with van der Waals surface area (Å²) in [6.07, 6.45) is -2.57. The average molecular weight is 363 g/mol. The number of aromatic nitrogens is 2. The van der Waals surface area contributed by atoms with Gasteiger partial charge in [0.1, 0.15) is 5.82 Å². The van der Waals surface area contributed by atoms with Crippen molar-refractivity contribution in [3.63, 3.8) is 0 Å². The first kappa shape index (κ1) is 16.0. The Hall–Kier alpha value is -1.54. The highest BCUT2D eigenvalue weighted by Crippen LogP contribution is 2.48. The molecule has 1 spiro atoms. The van der Waals surface area contributed by atoms with Gasteiger partial charge in [0.05, 0.1) is 28.0 Å². The Bertz CT molecular complexity index is 784. The summed E-state index contributed by atoms with van der Waals surface area (Å²) in [4.78, 5) is 3.47. The fourth-order valence-electron chi connectivity index (χ4n) is 3.60. The summed E-state index contributed by atoms with van der Waals surface area (Å²) in [5.41, 5.74) is 0.159. The zero-order valence-electron chi connectivity index (χ0n) is 12.6. The van der Waals surface area contributed by atoms with Crippen LogP contribution in [0.1, 0.15) is 12.8 Å². The SMILES string of the molecule is Fc1cc(Cl)c2c(N3CCN(CC(F)(F)F)CC34CC4)n[nH]c2c1. The zero-order chi connectivity index (χ0) is 17.1. The fourth-order valence-corrected chi connectivity index (χ4v) is 3.89. The Morgan fingerprint density at radius 2 is 2.00 bits per heavy atom. The quantitative estimate of drug-likeness (QED) is 0.829. The number of hydrogen-bond donors (Lipinski definition) is 1. The number of alkyl halides is 3. The minimum absolute atomic E-state index is 0.252. The number of halogens is 5. The molecule has 130 valence electrons. The van der Waals surface area contributed by atoms with Crippen molar-refractivity contribution in [2.75, 3.05) is 31.1 Å². The van der Waals surface area contributed by atoms with E-state index in [1.54, 1.807) is 0 Å². The van der Waals surface area contributed by atoms with Crippen LogP contribution in [-0.4, -0.2) is 53.0 Å². The molecule has 1 saturated carbocycles. The predicted molar refractivity (Wildman–Crippen MR) is 82.9 cm³/mol. The van der Waals surface area contributed by atoms with Crippen LogP contribution in [0.4, 0.5) is 23.4 Å². The number of nitrogens with zero attached hydrogens (tertiary/aromatic N) is 3. The van der Waals surface area contributed by atoms with Crippen molar-refractivity contribution in [3.05, 3.63) is 23.0 Å². The Kier molecular flexibility index (Phi) is 3.47. The van der Waals surface area contributed by atoms with Crippen LogP contribution >= 0.6 is 11.6 Å². The molecule has 0 bridgehead atoms. The number of benzene rings is 1. The van der Waals surface area contributed by atoms with E-state index >= 15 is 0 Å². The Morgan fingerprint density at radius 3 is 2.67 bits per heavy atom. The molecule has 24 heavy (non-hydrogen) atoms. The lowest BCUT2D eigenvalue weighted by molar-refractivity contribution is -0.147. The first-order valence-corrected chi connectivity index (χ1v) is 8.05. The van der Waals surface area contributed by atoms with Gasteiger partial charge in [-0.25, -0.2) is 4.39 Å². The van der Waals surface area contributed by atoms with Crippen molar-refractivity contribution in [1.82, 2.24) is 15.1 Å². The molecule has 1 saturated heterocycles. The second-order valence-corrected chi connectivity index (χ2v) is 6.97. The van der Waals surface area contributed by atoms with Crippen LogP contribution in [0.3, 0.4) is 0 Å². The van der Waals surface area contributed by atoms with Gasteiger partial charge in [-0.15, -0.1) is 0 Å². The molecule has 0 atom stereocenters. The first-order valence-electron chi connectivity index (χ1n) is 7.67. The fraction of sp³-hybridized carbons (Fsp3) is 0.533. The lowest BCUT2D eigenvalue weighted by Crippen LogP contribution is -2.57. The molecule has 0 unspecified atom stereocenters. The van der Waals surface area contributed by atoms with E-state index in [2.05, 4.69) is 10.2 Å². The van der Waals surface area contributed by atoms with E-state index in [0.717, 1.165) is 12.8 Å². The molecule has 1 aliphatic carbocycles. The second-order valence-electron chi connectivity index (χ2n) is 6.56. The molecule has 2 aliphatic rings. The second kappa shape index (κ2) is 5.23. The van der Waals surface area contributed by atoms with Crippen molar-refractivity contribution in [3.8, 4) is 0 Å². The molecule has 1 aliphatic heterocycles. The van der Waals surface area contributed by atoms with Gasteiger partial charge in [0.2, 0.25) is 0 Å². The Morgan fingerprint density at radius 1 is 1.25 bits per heavy atom. The summed E-state index contributed by atoms with van der Waals surface area (Å²) >= 11 is 6.17. The van der Waals surface area contributed by atoms with Crippen molar-refractivity contribution < 1.29 is 17.6 Å². The third-order valence-corrected chi connectivity index (χ3v) is 5.08. The smallest absolute Gasteiger partial charge is 0.346 e. The summed E-state index contributed by atoms with van der Waals surface area (Å²) in [7, 11) is 0. The molecule has 2 fully saturated rings. The molecule has 2 heterocycles. The molecular formula is C15H15ClF4N4. The first-order chi connectivity index (χ1) is 11.3. The van der Waals surface area contributed by atoms with Crippen molar-refractivity contribution in [1.29, 1.82) is 0 Å². The summed E-state index contributed by atoms with van der Waals surface area (Å²) in [5, 5.41) is 7.91. The van der Waals surface area contributed by atoms with Gasteiger partial charge >= 0.3 is 6.18 Å². The topological polar surface area (TPSA) is 35.2 Å². The molecular weight excluding hydrogens is 348 g/mol. The minimum atomic E-state index is -4.20. The highest BCUT2D eigenvalue weighted by atomic mass is 35.5. The molecule has 1 aromatic heterocycles. The van der Waals surface area contributed by atoms with Crippen LogP contribution in [0.2, 0.25) is 5.02 Å². The largest absolute Gasteiger partial charge is 0.401 e. The number of anilines is 1. The number of piperazine rings is 1. The van der Waals surface area contributed by atoms with Crippen LogP contribution in [0.5, 0.6) is 0 Å². The minimum Gasteiger partial charge on any atom is -0.346 e. The van der Waals surface area contributed by atoms with E-state index in [9.17, 15) is 17.6 Å². The van der Waals surface area contributed by atoms with Gasteiger partial charge in [0.25, 0.3) is 0 Å². The number of fused-ring (bicyclic) bond motifs is 1. The van der Waals surface area contributed by atoms with E-state index in [-0.39, 0.29) is 10.6 Å². The van der Waals surface area contributed by atoms with Gasteiger partial charge in [-0.05, 0) is 25.0 Å². The van der Waals surface area contributed by atoms with Gasteiger partial charge in [-0.3, -0.25) is 10.00 Å². The van der Waals surface area contributed by atoms with E-state index in [1.165, 1.54) is 17.0 Å². The number of hydrogen-bond acceptors (Lipinski definition) is 3. The van der Waals surface area contributed by atoms with Crippen molar-refractivity contribution in [2.24, 2.45) is 0 Å². The summed E-state index contributed by atoms with van der Waals surface area (Å²) in [5.74, 6) is 0.137. The lowest BCUT2D eigenvalue weighted by Gasteiger charge is -2.42. The zero-order valence-corrected chi connectivity index (χ0v) is 13.4. The normalized spacial score (nSPS) is 21.0. The molecule has 0 amide bonds. The third-order valence-electron chi connectivity index (χ3n) is 4.78. The Balaban J connectivity index is 1.65. The summed E-state index contributed by atoms with van der Waals surface area (Å²) in [6.45, 7) is 0.188. The van der Waals surface area contributed by atoms with Crippen LogP contribution in [0, 0.1) is 5.82 Å². The van der Waals surface area contributed by atoms with Crippen LogP contribution in [0.15, 0.2) is 12.1 Å². The predicted octanol–water partition coefficient (Wildman–Crippen LogP) is 3.57. The van der Waals surface area contributed by atoms with E-state index < -0.39 is 18.5 Å². The van der Waals surface area contributed by atoms with E-state index in [4.69, 9.17) is 11.6 Å². The van der Waals surface area contributed by atoms with Gasteiger partial charge < -0.3 is 4.90 Å². The van der Waals surface area contributed by atoms with Gasteiger partial charge in [0.15, 0.2) is 5.82 Å². The third kappa shape index (κ3) is 2.71. The maximum Gasteiger partial charge on any atom is 0.401 e. The number of aromatic amines is 1. The molecule has 1 aromatic carbocycles. The summed E-state index contributed by atoms with van der Waals surface area (Å²) < 4.78 is 51.4. The molecule has 4 nitrogen and oxygen atoms in total. The molecule has 2 aromatic rings. The number of rotatable bonds is 2. The average Bonchev–Trinajstić information content (AvgIpc) is 3.06. The van der Waals surface area contributed by atoms with Crippen molar-refractivity contribution >= 4 is 28.3 Å². The van der Waals surface area contributed by atoms with Crippen LogP contribution in [0.25, 0.3) is 10.9 Å². The van der Waals surface area contributed by atoms with E-state index in [0.29, 0.717) is 36.4 Å². The molecule has 9 heteroatoms. The van der Waals surface area contributed by atoms with Gasteiger partial charge in [0, 0.05) is 19.6 Å². The van der Waals surface area contributed by atoms with Crippen LogP contribution in [-0.2, 0) is 0 Å². The van der Waals surface area contributed by atoms with Gasteiger partial charge in [-0.2, -0.15) is 18.3 Å². The maximum atomic E-state index is 13.5. The number of H-pyrrole nitrogens is 1. The monoisotopic (exact) mass is 362 g/mol. The molecule has 0 radical (unpaired) electrons. The van der Waals surface area contributed by atoms with Crippen molar-refractivity contribution in [2.45, 2.75) is 24.6 Å².